The van der Waals surface area contributed by atoms with E-state index in [-0.39, 0.29) is 12.6 Å². The number of carbonyl (C=O) groups is 2. The molecule has 0 saturated carbocycles. The SMILES string of the molecule is CC1(O)CCN(C(=O)N2CCC[C@@H]2C(=O)O)C1. The summed E-state index contributed by atoms with van der Waals surface area (Å²) >= 11 is 0. The highest BCUT2D eigenvalue weighted by atomic mass is 16.4. The van der Waals surface area contributed by atoms with Gasteiger partial charge in [-0.2, -0.15) is 0 Å². The van der Waals surface area contributed by atoms with Crippen molar-refractivity contribution in [2.75, 3.05) is 19.6 Å². The molecule has 6 nitrogen and oxygen atoms in total. The molecule has 0 radical (unpaired) electrons. The second-order valence-electron chi connectivity index (χ2n) is 5.14. The summed E-state index contributed by atoms with van der Waals surface area (Å²) in [5.74, 6) is -0.943. The Hall–Kier alpha value is -1.30. The lowest BCUT2D eigenvalue weighted by atomic mass is 10.1. The highest BCUT2D eigenvalue weighted by Gasteiger charge is 2.40. The fourth-order valence-electron chi connectivity index (χ4n) is 2.54. The van der Waals surface area contributed by atoms with Gasteiger partial charge in [0.15, 0.2) is 0 Å². The van der Waals surface area contributed by atoms with Crippen LogP contribution in [0.15, 0.2) is 0 Å². The Morgan fingerprint density at radius 1 is 1.35 bits per heavy atom. The number of β-amino-alcohol motifs (C(OH)–C–C–N with tert-alkyl or cyclic N) is 1. The molecule has 0 spiro atoms. The Kier molecular flexibility index (Phi) is 2.99. The van der Waals surface area contributed by atoms with E-state index in [0.29, 0.717) is 25.9 Å². The maximum atomic E-state index is 12.1. The maximum absolute atomic E-state index is 12.1. The fourth-order valence-corrected chi connectivity index (χ4v) is 2.54. The van der Waals surface area contributed by atoms with Gasteiger partial charge in [-0.15, -0.1) is 0 Å². The normalized spacial score (nSPS) is 33.2. The number of likely N-dealkylation sites (tertiary alicyclic amines) is 2. The minimum atomic E-state index is -0.943. The fraction of sp³-hybridized carbons (Fsp3) is 0.818. The second kappa shape index (κ2) is 4.18. The van der Waals surface area contributed by atoms with Crippen LogP contribution in [0, 0.1) is 0 Å². The van der Waals surface area contributed by atoms with Crippen LogP contribution in [0.4, 0.5) is 4.79 Å². The number of nitrogens with zero attached hydrogens (tertiary/aromatic N) is 2. The summed E-state index contributed by atoms with van der Waals surface area (Å²) < 4.78 is 0. The van der Waals surface area contributed by atoms with Crippen molar-refractivity contribution in [1.29, 1.82) is 0 Å². The van der Waals surface area contributed by atoms with E-state index in [2.05, 4.69) is 0 Å². The molecule has 2 aliphatic heterocycles. The van der Waals surface area contributed by atoms with Crippen molar-refractivity contribution in [1.82, 2.24) is 9.80 Å². The molecule has 0 aliphatic carbocycles. The molecule has 2 aliphatic rings. The third kappa shape index (κ3) is 2.36. The van der Waals surface area contributed by atoms with Crippen molar-refractivity contribution in [2.24, 2.45) is 0 Å². The van der Waals surface area contributed by atoms with Gasteiger partial charge in [0.05, 0.1) is 12.1 Å². The van der Waals surface area contributed by atoms with Gasteiger partial charge in [-0.1, -0.05) is 0 Å². The Morgan fingerprint density at radius 2 is 2.06 bits per heavy atom. The number of carboxylic acid groups (broad SMARTS) is 1. The number of aliphatic hydroxyl groups is 1. The molecule has 6 heteroatoms. The number of rotatable bonds is 1. The molecular weight excluding hydrogens is 224 g/mol. The molecular formula is C11H18N2O4. The number of hydrogen-bond acceptors (Lipinski definition) is 3. The van der Waals surface area contributed by atoms with Crippen LogP contribution in [-0.2, 0) is 4.79 Å². The van der Waals surface area contributed by atoms with E-state index in [4.69, 9.17) is 5.11 Å². The van der Waals surface area contributed by atoms with E-state index in [1.165, 1.54) is 4.90 Å². The Morgan fingerprint density at radius 3 is 2.59 bits per heavy atom. The molecule has 2 heterocycles. The van der Waals surface area contributed by atoms with Crippen LogP contribution in [0.1, 0.15) is 26.2 Å². The van der Waals surface area contributed by atoms with E-state index in [1.54, 1.807) is 11.8 Å². The third-order valence-corrected chi connectivity index (χ3v) is 3.51. The first-order chi connectivity index (χ1) is 7.91. The summed E-state index contributed by atoms with van der Waals surface area (Å²) in [5, 5.41) is 18.8. The van der Waals surface area contributed by atoms with Gasteiger partial charge in [0.25, 0.3) is 0 Å². The Balaban J connectivity index is 2.03. The number of carboxylic acids is 1. The van der Waals surface area contributed by atoms with Crippen LogP contribution in [-0.4, -0.2) is 63.3 Å². The quantitative estimate of drug-likeness (QED) is 0.684. The van der Waals surface area contributed by atoms with Crippen molar-refractivity contribution in [3.8, 4) is 0 Å². The minimum Gasteiger partial charge on any atom is -0.480 e. The molecule has 2 saturated heterocycles. The maximum Gasteiger partial charge on any atom is 0.326 e. The zero-order valence-corrected chi connectivity index (χ0v) is 9.93. The van der Waals surface area contributed by atoms with Crippen molar-refractivity contribution in [3.05, 3.63) is 0 Å². The predicted octanol–water partition coefficient (Wildman–Crippen LogP) is 0.112. The van der Waals surface area contributed by atoms with Gasteiger partial charge >= 0.3 is 12.0 Å². The topological polar surface area (TPSA) is 81.1 Å². The first-order valence-electron chi connectivity index (χ1n) is 5.91. The summed E-state index contributed by atoms with van der Waals surface area (Å²) in [6.45, 7) is 2.97. The summed E-state index contributed by atoms with van der Waals surface area (Å²) in [6.07, 6.45) is 1.79. The lowest BCUT2D eigenvalue weighted by molar-refractivity contribution is -0.141. The van der Waals surface area contributed by atoms with Crippen LogP contribution < -0.4 is 0 Å². The molecule has 2 amide bonds. The third-order valence-electron chi connectivity index (χ3n) is 3.51. The van der Waals surface area contributed by atoms with Crippen LogP contribution in [0.2, 0.25) is 0 Å². The smallest absolute Gasteiger partial charge is 0.326 e. The second-order valence-corrected chi connectivity index (χ2v) is 5.14. The Bertz CT molecular complexity index is 342. The largest absolute Gasteiger partial charge is 0.480 e. The summed E-state index contributed by atoms with van der Waals surface area (Å²) in [5.41, 5.74) is -0.839. The highest BCUT2D eigenvalue weighted by Crippen LogP contribution is 2.25. The highest BCUT2D eigenvalue weighted by molar-refractivity contribution is 5.83. The first kappa shape index (κ1) is 12.2. The molecule has 0 aromatic rings. The predicted molar refractivity (Wildman–Crippen MR) is 59.6 cm³/mol. The molecule has 2 atom stereocenters. The lowest BCUT2D eigenvalue weighted by Crippen LogP contribution is -2.48. The standard InChI is InChI=1S/C11H18N2O4/c1-11(17)4-6-12(7-11)10(16)13-5-2-3-8(13)9(14)15/h8,17H,2-7H2,1H3,(H,14,15)/t8-,11?/m1/s1. The van der Waals surface area contributed by atoms with E-state index < -0.39 is 17.6 Å². The van der Waals surface area contributed by atoms with Gasteiger partial charge in [-0.3, -0.25) is 0 Å². The molecule has 17 heavy (non-hydrogen) atoms. The summed E-state index contributed by atoms with van der Waals surface area (Å²) in [6, 6.07) is -0.958. The number of hydrogen-bond donors (Lipinski definition) is 2. The Labute approximate surface area is 99.8 Å². The van der Waals surface area contributed by atoms with Gasteiger partial charge < -0.3 is 20.0 Å². The molecule has 96 valence electrons. The molecule has 2 rings (SSSR count). The van der Waals surface area contributed by atoms with Gasteiger partial charge in [0, 0.05) is 13.1 Å². The lowest BCUT2D eigenvalue weighted by Gasteiger charge is -2.28. The summed E-state index contributed by atoms with van der Waals surface area (Å²) in [7, 11) is 0. The zero-order valence-electron chi connectivity index (χ0n) is 9.93. The van der Waals surface area contributed by atoms with Gasteiger partial charge in [-0.25, -0.2) is 9.59 Å². The minimum absolute atomic E-state index is 0.257. The van der Waals surface area contributed by atoms with E-state index >= 15 is 0 Å². The molecule has 0 bridgehead atoms. The number of carbonyl (C=O) groups excluding carboxylic acids is 1. The zero-order chi connectivity index (χ0) is 12.6. The first-order valence-corrected chi connectivity index (χ1v) is 5.91. The van der Waals surface area contributed by atoms with Crippen molar-refractivity contribution < 1.29 is 19.8 Å². The van der Waals surface area contributed by atoms with Gasteiger partial charge in [0.1, 0.15) is 6.04 Å². The number of urea groups is 1. The van der Waals surface area contributed by atoms with E-state index in [1.807, 2.05) is 0 Å². The van der Waals surface area contributed by atoms with Crippen LogP contribution in [0.5, 0.6) is 0 Å². The van der Waals surface area contributed by atoms with Crippen molar-refractivity contribution in [2.45, 2.75) is 37.8 Å². The molecule has 0 aromatic heterocycles. The van der Waals surface area contributed by atoms with Crippen LogP contribution in [0.3, 0.4) is 0 Å². The van der Waals surface area contributed by atoms with Gasteiger partial charge in [-0.05, 0) is 26.2 Å². The molecule has 0 aromatic carbocycles. The molecule has 2 fully saturated rings. The average molecular weight is 242 g/mol. The number of aliphatic carboxylic acids is 1. The molecule has 1 unspecified atom stereocenters. The van der Waals surface area contributed by atoms with Crippen molar-refractivity contribution in [3.63, 3.8) is 0 Å². The number of amides is 2. The van der Waals surface area contributed by atoms with E-state index in [9.17, 15) is 14.7 Å². The average Bonchev–Trinajstić information content (AvgIpc) is 2.82. The summed E-state index contributed by atoms with van der Waals surface area (Å²) in [4.78, 5) is 26.1. The molecule has 2 N–H and O–H groups in total. The van der Waals surface area contributed by atoms with Crippen LogP contribution >= 0.6 is 0 Å². The van der Waals surface area contributed by atoms with Crippen molar-refractivity contribution >= 4 is 12.0 Å². The monoisotopic (exact) mass is 242 g/mol. The van der Waals surface area contributed by atoms with Crippen LogP contribution in [0.25, 0.3) is 0 Å². The van der Waals surface area contributed by atoms with Gasteiger partial charge in [0.2, 0.25) is 0 Å². The van der Waals surface area contributed by atoms with E-state index in [0.717, 1.165) is 6.42 Å².